The fourth-order valence-electron chi connectivity index (χ4n) is 2.36. The Bertz CT molecular complexity index is 792. The van der Waals surface area contributed by atoms with Crippen molar-refractivity contribution in [2.75, 3.05) is 0 Å². The van der Waals surface area contributed by atoms with Gasteiger partial charge in [-0.2, -0.15) is 0 Å². The summed E-state index contributed by atoms with van der Waals surface area (Å²) < 4.78 is 2.02. The third-order valence-electron chi connectivity index (χ3n) is 3.83. The Balaban J connectivity index is 1.94. The Morgan fingerprint density at radius 1 is 1.23 bits per heavy atom. The van der Waals surface area contributed by atoms with E-state index in [4.69, 9.17) is 0 Å². The quantitative estimate of drug-likeness (QED) is 0.799. The first-order valence-electron chi connectivity index (χ1n) is 7.52. The number of nitrogens with one attached hydrogen (secondary N) is 1. The van der Waals surface area contributed by atoms with Gasteiger partial charge in [-0.15, -0.1) is 0 Å². The van der Waals surface area contributed by atoms with Crippen LogP contribution >= 0.6 is 0 Å². The number of rotatable bonds is 4. The highest BCUT2D eigenvalue weighted by Crippen LogP contribution is 2.19. The predicted molar refractivity (Wildman–Crippen MR) is 88.3 cm³/mol. The fraction of sp³-hybridized carbons (Fsp3) is 0.222. The number of imidazole rings is 1. The average Bonchev–Trinajstić information content (AvgIpc) is 2.98. The van der Waals surface area contributed by atoms with Crippen molar-refractivity contribution in [3.05, 3.63) is 60.4 Å². The molecule has 1 heterocycles. The van der Waals surface area contributed by atoms with Crippen LogP contribution in [0.3, 0.4) is 0 Å². The molecule has 112 valence electrons. The van der Waals surface area contributed by atoms with Crippen LogP contribution in [0.2, 0.25) is 0 Å². The van der Waals surface area contributed by atoms with Gasteiger partial charge in [0.05, 0.1) is 11.0 Å². The molecular weight excluding hydrogens is 274 g/mol. The molecule has 1 amide bonds. The molecule has 0 fully saturated rings. The second kappa shape index (κ2) is 6.02. The number of carbonyl (C=O) groups is 1. The molecule has 22 heavy (non-hydrogen) atoms. The van der Waals surface area contributed by atoms with Gasteiger partial charge in [0.1, 0.15) is 6.33 Å². The van der Waals surface area contributed by atoms with Crippen LogP contribution in [-0.4, -0.2) is 21.5 Å². The number of hydrogen-bond donors (Lipinski definition) is 1. The van der Waals surface area contributed by atoms with E-state index in [1.807, 2.05) is 60.0 Å². The van der Waals surface area contributed by atoms with Crippen molar-refractivity contribution in [2.24, 2.45) is 0 Å². The monoisotopic (exact) mass is 293 g/mol. The van der Waals surface area contributed by atoms with E-state index >= 15 is 0 Å². The molecule has 4 heteroatoms. The lowest BCUT2D eigenvalue weighted by Gasteiger charge is -2.11. The summed E-state index contributed by atoms with van der Waals surface area (Å²) in [7, 11) is 0. The zero-order valence-corrected chi connectivity index (χ0v) is 12.8. The van der Waals surface area contributed by atoms with Crippen LogP contribution in [0.4, 0.5) is 0 Å². The predicted octanol–water partition coefficient (Wildman–Crippen LogP) is 3.55. The molecule has 3 rings (SSSR count). The van der Waals surface area contributed by atoms with E-state index in [2.05, 4.69) is 17.2 Å². The molecule has 0 aliphatic heterocycles. The third kappa shape index (κ3) is 2.72. The highest BCUT2D eigenvalue weighted by molar-refractivity contribution is 5.97. The molecule has 3 aromatic rings. The zero-order valence-electron chi connectivity index (χ0n) is 12.8. The van der Waals surface area contributed by atoms with Gasteiger partial charge >= 0.3 is 0 Å². The van der Waals surface area contributed by atoms with Crippen LogP contribution in [0.1, 0.15) is 30.6 Å². The summed E-state index contributed by atoms with van der Waals surface area (Å²) in [5, 5.41) is 2.98. The molecule has 1 atom stereocenters. The molecule has 1 N–H and O–H groups in total. The average molecular weight is 293 g/mol. The minimum atomic E-state index is -0.0505. The number of hydrogen-bond acceptors (Lipinski definition) is 2. The number of benzene rings is 2. The second-order valence-corrected chi connectivity index (χ2v) is 5.44. The molecule has 0 radical (unpaired) electrons. The van der Waals surface area contributed by atoms with Crippen molar-refractivity contribution in [3.8, 4) is 5.69 Å². The maximum atomic E-state index is 12.2. The first-order valence-corrected chi connectivity index (χ1v) is 7.52. The van der Waals surface area contributed by atoms with Gasteiger partial charge in [0.15, 0.2) is 0 Å². The molecule has 4 nitrogen and oxygen atoms in total. The molecule has 0 spiro atoms. The number of fused-ring (bicyclic) bond motifs is 1. The van der Waals surface area contributed by atoms with Gasteiger partial charge < -0.3 is 5.32 Å². The number of amides is 1. The van der Waals surface area contributed by atoms with Crippen LogP contribution in [0.25, 0.3) is 16.7 Å². The topological polar surface area (TPSA) is 46.9 Å². The standard InChI is InChI=1S/C18H19N3O/c1-3-13(2)20-18(22)14-9-10-17-16(11-14)19-12-21(17)15-7-5-4-6-8-15/h4-13H,3H2,1-2H3,(H,20,22). The first kappa shape index (κ1) is 14.3. The Labute approximate surface area is 129 Å². The van der Waals surface area contributed by atoms with Gasteiger partial charge in [-0.25, -0.2) is 4.98 Å². The summed E-state index contributed by atoms with van der Waals surface area (Å²) in [4.78, 5) is 16.6. The van der Waals surface area contributed by atoms with E-state index in [1.165, 1.54) is 0 Å². The smallest absolute Gasteiger partial charge is 0.251 e. The lowest BCUT2D eigenvalue weighted by molar-refractivity contribution is 0.0939. The van der Waals surface area contributed by atoms with Gasteiger partial charge in [0.25, 0.3) is 5.91 Å². The molecule has 2 aromatic carbocycles. The largest absolute Gasteiger partial charge is 0.350 e. The molecule has 0 aliphatic rings. The maximum absolute atomic E-state index is 12.2. The van der Waals surface area contributed by atoms with Crippen molar-refractivity contribution in [2.45, 2.75) is 26.3 Å². The van der Waals surface area contributed by atoms with Crippen molar-refractivity contribution in [1.29, 1.82) is 0 Å². The lowest BCUT2D eigenvalue weighted by Crippen LogP contribution is -2.31. The Morgan fingerprint density at radius 3 is 2.73 bits per heavy atom. The summed E-state index contributed by atoms with van der Waals surface area (Å²) in [6, 6.07) is 15.8. The number of para-hydroxylation sites is 1. The Hall–Kier alpha value is -2.62. The molecular formula is C18H19N3O. The molecule has 1 aromatic heterocycles. The van der Waals surface area contributed by atoms with Crippen LogP contribution in [0, 0.1) is 0 Å². The SMILES string of the molecule is CCC(C)NC(=O)c1ccc2c(c1)ncn2-c1ccccc1. The molecule has 0 saturated carbocycles. The Kier molecular flexibility index (Phi) is 3.92. The van der Waals surface area contributed by atoms with Crippen LogP contribution < -0.4 is 5.32 Å². The van der Waals surface area contributed by atoms with Crippen molar-refractivity contribution >= 4 is 16.9 Å². The summed E-state index contributed by atoms with van der Waals surface area (Å²) in [5.74, 6) is -0.0505. The zero-order chi connectivity index (χ0) is 15.5. The summed E-state index contributed by atoms with van der Waals surface area (Å²) in [6.07, 6.45) is 2.70. The van der Waals surface area contributed by atoms with Crippen molar-refractivity contribution < 1.29 is 4.79 Å². The number of nitrogens with zero attached hydrogens (tertiary/aromatic N) is 2. The van der Waals surface area contributed by atoms with Crippen LogP contribution in [0.15, 0.2) is 54.9 Å². The summed E-state index contributed by atoms with van der Waals surface area (Å²) in [6.45, 7) is 4.05. The van der Waals surface area contributed by atoms with Gasteiger partial charge in [0.2, 0.25) is 0 Å². The van der Waals surface area contributed by atoms with Crippen LogP contribution in [0.5, 0.6) is 0 Å². The molecule has 0 aliphatic carbocycles. The maximum Gasteiger partial charge on any atom is 0.251 e. The van der Waals surface area contributed by atoms with E-state index in [0.29, 0.717) is 5.56 Å². The van der Waals surface area contributed by atoms with Gasteiger partial charge in [-0.3, -0.25) is 9.36 Å². The first-order chi connectivity index (χ1) is 10.7. The van der Waals surface area contributed by atoms with E-state index < -0.39 is 0 Å². The summed E-state index contributed by atoms with van der Waals surface area (Å²) in [5.41, 5.74) is 3.51. The van der Waals surface area contributed by atoms with Crippen molar-refractivity contribution in [1.82, 2.24) is 14.9 Å². The Morgan fingerprint density at radius 2 is 2.00 bits per heavy atom. The van der Waals surface area contributed by atoms with Gasteiger partial charge in [0, 0.05) is 17.3 Å². The van der Waals surface area contributed by atoms with Crippen molar-refractivity contribution in [3.63, 3.8) is 0 Å². The molecule has 1 unspecified atom stereocenters. The number of aromatic nitrogens is 2. The lowest BCUT2D eigenvalue weighted by atomic mass is 10.1. The van der Waals surface area contributed by atoms with E-state index in [0.717, 1.165) is 23.1 Å². The van der Waals surface area contributed by atoms with E-state index in [9.17, 15) is 4.79 Å². The molecule has 0 saturated heterocycles. The van der Waals surface area contributed by atoms with E-state index in [-0.39, 0.29) is 11.9 Å². The normalized spacial score (nSPS) is 12.3. The van der Waals surface area contributed by atoms with Gasteiger partial charge in [-0.05, 0) is 43.7 Å². The van der Waals surface area contributed by atoms with E-state index in [1.54, 1.807) is 6.33 Å². The fourth-order valence-corrected chi connectivity index (χ4v) is 2.36. The summed E-state index contributed by atoms with van der Waals surface area (Å²) >= 11 is 0. The second-order valence-electron chi connectivity index (χ2n) is 5.44. The minimum absolute atomic E-state index is 0.0505. The third-order valence-corrected chi connectivity index (χ3v) is 3.83. The minimum Gasteiger partial charge on any atom is -0.350 e. The highest BCUT2D eigenvalue weighted by atomic mass is 16.1. The van der Waals surface area contributed by atoms with Gasteiger partial charge in [-0.1, -0.05) is 25.1 Å². The van der Waals surface area contributed by atoms with Crippen LogP contribution in [-0.2, 0) is 0 Å². The molecule has 0 bridgehead atoms. The highest BCUT2D eigenvalue weighted by Gasteiger charge is 2.11. The number of carbonyl (C=O) groups excluding carboxylic acids is 1.